The molecule has 1 rings (SSSR count). The normalized spacial score (nSPS) is 10.9. The van der Waals surface area contributed by atoms with E-state index in [1.807, 2.05) is 26.0 Å². The van der Waals surface area contributed by atoms with Gasteiger partial charge in [0.15, 0.2) is 0 Å². The second-order valence-corrected chi connectivity index (χ2v) is 5.30. The zero-order valence-electron chi connectivity index (χ0n) is 10.9. The molecule has 6 heteroatoms. The Morgan fingerprint density at radius 3 is 2.37 bits per heavy atom. The largest absolute Gasteiger partial charge is 0.480 e. The predicted molar refractivity (Wildman–Crippen MR) is 74.4 cm³/mol. The molecule has 0 aromatic heterocycles. The van der Waals surface area contributed by atoms with Gasteiger partial charge in [-0.15, -0.1) is 0 Å². The standard InChI is InChI=1S/C13H17ClN2O3/c1-13(2,7-11(17)15-8-12(18)19)16-10-5-3-9(14)4-6-10/h3-6,16H,7-8H2,1-2H3,(H,15,17)(H,18,19). The van der Waals surface area contributed by atoms with Gasteiger partial charge in [-0.1, -0.05) is 11.6 Å². The number of anilines is 1. The number of hydrogen-bond donors (Lipinski definition) is 3. The van der Waals surface area contributed by atoms with E-state index in [1.54, 1.807) is 12.1 Å². The van der Waals surface area contributed by atoms with Crippen LogP contribution in [0.3, 0.4) is 0 Å². The molecule has 5 nitrogen and oxygen atoms in total. The van der Waals surface area contributed by atoms with Crippen LogP contribution in [0.15, 0.2) is 24.3 Å². The van der Waals surface area contributed by atoms with Crippen molar-refractivity contribution in [2.24, 2.45) is 0 Å². The van der Waals surface area contributed by atoms with Crippen molar-refractivity contribution in [3.63, 3.8) is 0 Å². The van der Waals surface area contributed by atoms with Crippen LogP contribution < -0.4 is 10.6 Å². The molecule has 0 saturated carbocycles. The van der Waals surface area contributed by atoms with Crippen molar-refractivity contribution in [1.29, 1.82) is 0 Å². The quantitative estimate of drug-likeness (QED) is 0.748. The van der Waals surface area contributed by atoms with E-state index >= 15 is 0 Å². The summed E-state index contributed by atoms with van der Waals surface area (Å²) in [6.07, 6.45) is 0.170. The van der Waals surface area contributed by atoms with Gasteiger partial charge in [-0.2, -0.15) is 0 Å². The van der Waals surface area contributed by atoms with Crippen molar-refractivity contribution < 1.29 is 14.7 Å². The van der Waals surface area contributed by atoms with Gasteiger partial charge in [0.05, 0.1) is 0 Å². The molecule has 0 atom stereocenters. The minimum atomic E-state index is -1.06. The molecule has 1 aromatic rings. The van der Waals surface area contributed by atoms with Crippen LogP contribution in [0.1, 0.15) is 20.3 Å². The van der Waals surface area contributed by atoms with Gasteiger partial charge in [0.2, 0.25) is 5.91 Å². The molecule has 19 heavy (non-hydrogen) atoms. The van der Waals surface area contributed by atoms with E-state index in [-0.39, 0.29) is 18.9 Å². The van der Waals surface area contributed by atoms with Crippen molar-refractivity contribution in [3.05, 3.63) is 29.3 Å². The Labute approximate surface area is 117 Å². The van der Waals surface area contributed by atoms with Crippen molar-refractivity contribution in [2.45, 2.75) is 25.8 Å². The molecule has 3 N–H and O–H groups in total. The summed E-state index contributed by atoms with van der Waals surface area (Å²) < 4.78 is 0. The molecular weight excluding hydrogens is 268 g/mol. The zero-order valence-corrected chi connectivity index (χ0v) is 11.6. The van der Waals surface area contributed by atoms with Crippen LogP contribution in [-0.2, 0) is 9.59 Å². The molecule has 0 spiro atoms. The monoisotopic (exact) mass is 284 g/mol. The lowest BCUT2D eigenvalue weighted by molar-refractivity contribution is -0.138. The number of aliphatic carboxylic acids is 1. The molecule has 0 aliphatic rings. The summed E-state index contributed by atoms with van der Waals surface area (Å²) in [6, 6.07) is 7.15. The highest BCUT2D eigenvalue weighted by Crippen LogP contribution is 2.20. The number of hydrogen-bond acceptors (Lipinski definition) is 3. The summed E-state index contributed by atoms with van der Waals surface area (Å²) >= 11 is 5.79. The van der Waals surface area contributed by atoms with Crippen LogP contribution >= 0.6 is 11.6 Å². The van der Waals surface area contributed by atoms with Crippen molar-refractivity contribution >= 4 is 29.2 Å². The highest BCUT2D eigenvalue weighted by Gasteiger charge is 2.21. The Hall–Kier alpha value is -1.75. The van der Waals surface area contributed by atoms with E-state index in [4.69, 9.17) is 16.7 Å². The first-order valence-corrected chi connectivity index (χ1v) is 6.18. The van der Waals surface area contributed by atoms with Crippen LogP contribution in [0.2, 0.25) is 5.02 Å². The molecule has 0 saturated heterocycles. The number of amides is 1. The first-order chi connectivity index (χ1) is 8.78. The molecule has 0 aliphatic heterocycles. The van der Waals surface area contributed by atoms with Crippen LogP contribution in [0, 0.1) is 0 Å². The Balaban J connectivity index is 2.53. The molecule has 104 valence electrons. The fourth-order valence-electron chi connectivity index (χ4n) is 1.61. The number of rotatable bonds is 6. The number of benzene rings is 1. The number of carbonyl (C=O) groups is 2. The summed E-state index contributed by atoms with van der Waals surface area (Å²) in [5.41, 5.74) is 0.358. The maximum Gasteiger partial charge on any atom is 0.322 e. The Bertz CT molecular complexity index is 457. The summed E-state index contributed by atoms with van der Waals surface area (Å²) in [6.45, 7) is 3.36. The predicted octanol–water partition coefficient (Wildman–Crippen LogP) is 2.12. The molecular formula is C13H17ClN2O3. The van der Waals surface area contributed by atoms with Gasteiger partial charge >= 0.3 is 5.97 Å². The van der Waals surface area contributed by atoms with Crippen LogP contribution in [-0.4, -0.2) is 29.1 Å². The number of carbonyl (C=O) groups excluding carboxylic acids is 1. The zero-order chi connectivity index (χ0) is 14.5. The molecule has 0 heterocycles. The summed E-state index contributed by atoms with van der Waals surface area (Å²) in [7, 11) is 0. The van der Waals surface area contributed by atoms with E-state index in [0.717, 1.165) is 5.69 Å². The van der Waals surface area contributed by atoms with Crippen molar-refractivity contribution in [2.75, 3.05) is 11.9 Å². The maximum absolute atomic E-state index is 11.6. The Morgan fingerprint density at radius 1 is 1.26 bits per heavy atom. The third-order valence-corrected chi connectivity index (χ3v) is 2.62. The fraction of sp³-hybridized carbons (Fsp3) is 0.385. The summed E-state index contributed by atoms with van der Waals surface area (Å²) in [4.78, 5) is 21.9. The van der Waals surface area contributed by atoms with E-state index in [1.165, 1.54) is 0 Å². The number of halogens is 1. The highest BCUT2D eigenvalue weighted by molar-refractivity contribution is 6.30. The van der Waals surface area contributed by atoms with Crippen molar-refractivity contribution in [1.82, 2.24) is 5.32 Å². The summed E-state index contributed by atoms with van der Waals surface area (Å²) in [5, 5.41) is 14.7. The highest BCUT2D eigenvalue weighted by atomic mass is 35.5. The maximum atomic E-state index is 11.6. The lowest BCUT2D eigenvalue weighted by Gasteiger charge is -2.27. The van der Waals surface area contributed by atoms with E-state index < -0.39 is 11.5 Å². The molecule has 1 amide bonds. The minimum absolute atomic E-state index is 0.170. The van der Waals surface area contributed by atoms with Gasteiger partial charge in [0.25, 0.3) is 0 Å². The van der Waals surface area contributed by atoms with E-state index in [2.05, 4.69) is 10.6 Å². The lowest BCUT2D eigenvalue weighted by Crippen LogP contribution is -2.39. The van der Waals surface area contributed by atoms with Gasteiger partial charge < -0.3 is 15.7 Å². The lowest BCUT2D eigenvalue weighted by atomic mass is 9.99. The minimum Gasteiger partial charge on any atom is -0.480 e. The molecule has 1 aromatic carbocycles. The van der Waals surface area contributed by atoms with Gasteiger partial charge in [-0.25, -0.2) is 0 Å². The smallest absolute Gasteiger partial charge is 0.322 e. The topological polar surface area (TPSA) is 78.4 Å². The second kappa shape index (κ2) is 6.43. The van der Waals surface area contributed by atoms with Gasteiger partial charge in [0, 0.05) is 22.7 Å². The molecule has 0 unspecified atom stereocenters. The molecule has 0 bridgehead atoms. The second-order valence-electron chi connectivity index (χ2n) is 4.86. The Kier molecular flexibility index (Phi) is 5.18. The van der Waals surface area contributed by atoms with E-state index in [0.29, 0.717) is 5.02 Å². The number of nitrogens with one attached hydrogen (secondary N) is 2. The summed E-state index contributed by atoms with van der Waals surface area (Å²) in [5.74, 6) is -1.37. The van der Waals surface area contributed by atoms with Crippen LogP contribution in [0.25, 0.3) is 0 Å². The Morgan fingerprint density at radius 2 is 1.84 bits per heavy atom. The first kappa shape index (κ1) is 15.3. The first-order valence-electron chi connectivity index (χ1n) is 5.81. The number of carboxylic acid groups (broad SMARTS) is 1. The SMILES string of the molecule is CC(C)(CC(=O)NCC(=O)O)Nc1ccc(Cl)cc1. The number of carboxylic acids is 1. The fourth-order valence-corrected chi connectivity index (χ4v) is 1.73. The molecule has 0 aliphatic carbocycles. The average molecular weight is 285 g/mol. The third-order valence-electron chi connectivity index (χ3n) is 2.37. The molecule has 0 fully saturated rings. The van der Waals surface area contributed by atoms with E-state index in [9.17, 15) is 9.59 Å². The van der Waals surface area contributed by atoms with Gasteiger partial charge in [0.1, 0.15) is 6.54 Å². The van der Waals surface area contributed by atoms with Crippen LogP contribution in [0.4, 0.5) is 5.69 Å². The third kappa shape index (κ3) is 6.10. The van der Waals surface area contributed by atoms with Gasteiger partial charge in [-0.05, 0) is 38.1 Å². The van der Waals surface area contributed by atoms with Crippen LogP contribution in [0.5, 0.6) is 0 Å². The molecule has 0 radical (unpaired) electrons. The van der Waals surface area contributed by atoms with Gasteiger partial charge in [-0.3, -0.25) is 9.59 Å². The van der Waals surface area contributed by atoms with Crippen molar-refractivity contribution in [3.8, 4) is 0 Å². The average Bonchev–Trinajstić information content (AvgIpc) is 2.28.